The van der Waals surface area contributed by atoms with Gasteiger partial charge in [0.25, 0.3) is 0 Å². The van der Waals surface area contributed by atoms with Gasteiger partial charge in [-0.15, -0.1) is 0 Å². The number of aromatic nitrogens is 1. The van der Waals surface area contributed by atoms with E-state index >= 15 is 0 Å². The van der Waals surface area contributed by atoms with Crippen LogP contribution in [0.3, 0.4) is 0 Å². The van der Waals surface area contributed by atoms with Crippen LogP contribution in [0.25, 0.3) is 0 Å². The zero-order chi connectivity index (χ0) is 15.1. The van der Waals surface area contributed by atoms with Crippen molar-refractivity contribution < 1.29 is 4.74 Å². The standard InChI is InChI=1S/C16H19N3OS/c1-12(2)20-15-7-3-5-13(9-15)10-18-16(21)19-14-6-4-8-17-11-14/h3-9,11-12H,10H2,1-2H3,(H2,18,19,21). The van der Waals surface area contributed by atoms with Crippen LogP contribution in [0.4, 0.5) is 5.69 Å². The van der Waals surface area contributed by atoms with Gasteiger partial charge in [-0.2, -0.15) is 0 Å². The Labute approximate surface area is 130 Å². The number of ether oxygens (including phenoxy) is 1. The van der Waals surface area contributed by atoms with E-state index in [0.29, 0.717) is 11.7 Å². The van der Waals surface area contributed by atoms with Crippen LogP contribution in [0.1, 0.15) is 19.4 Å². The van der Waals surface area contributed by atoms with Gasteiger partial charge >= 0.3 is 0 Å². The monoisotopic (exact) mass is 301 g/mol. The number of hydrogen-bond donors (Lipinski definition) is 2. The first-order chi connectivity index (χ1) is 10.1. The molecule has 0 aliphatic rings. The largest absolute Gasteiger partial charge is 0.491 e. The molecule has 2 N–H and O–H groups in total. The third-order valence-corrected chi connectivity index (χ3v) is 2.89. The predicted molar refractivity (Wildman–Crippen MR) is 89.5 cm³/mol. The highest BCUT2D eigenvalue weighted by molar-refractivity contribution is 7.80. The first-order valence-electron chi connectivity index (χ1n) is 6.84. The summed E-state index contributed by atoms with van der Waals surface area (Å²) in [4.78, 5) is 4.03. The molecule has 0 aliphatic carbocycles. The average molecular weight is 301 g/mol. The fraction of sp³-hybridized carbons (Fsp3) is 0.250. The maximum atomic E-state index is 5.67. The number of pyridine rings is 1. The van der Waals surface area contributed by atoms with Crippen LogP contribution < -0.4 is 15.4 Å². The molecule has 2 rings (SSSR count). The first kappa shape index (κ1) is 15.3. The van der Waals surface area contributed by atoms with Gasteiger partial charge in [0.05, 0.1) is 18.0 Å². The topological polar surface area (TPSA) is 46.2 Å². The van der Waals surface area contributed by atoms with Crippen molar-refractivity contribution in [2.75, 3.05) is 5.32 Å². The molecule has 0 radical (unpaired) electrons. The molecule has 0 spiro atoms. The zero-order valence-electron chi connectivity index (χ0n) is 12.2. The molecule has 1 aromatic carbocycles. The van der Waals surface area contributed by atoms with Crippen LogP contribution in [-0.2, 0) is 6.54 Å². The minimum atomic E-state index is 0.168. The van der Waals surface area contributed by atoms with E-state index < -0.39 is 0 Å². The van der Waals surface area contributed by atoms with E-state index in [1.54, 1.807) is 12.4 Å². The average Bonchev–Trinajstić information content (AvgIpc) is 2.46. The van der Waals surface area contributed by atoms with Gasteiger partial charge in [-0.25, -0.2) is 0 Å². The minimum Gasteiger partial charge on any atom is -0.491 e. The van der Waals surface area contributed by atoms with Crippen LogP contribution in [0, 0.1) is 0 Å². The predicted octanol–water partition coefficient (Wildman–Crippen LogP) is 3.36. The van der Waals surface area contributed by atoms with Crippen molar-refractivity contribution in [2.24, 2.45) is 0 Å². The molecule has 0 unspecified atom stereocenters. The minimum absolute atomic E-state index is 0.168. The molecule has 21 heavy (non-hydrogen) atoms. The highest BCUT2D eigenvalue weighted by Crippen LogP contribution is 2.14. The Morgan fingerprint density at radius 2 is 2.14 bits per heavy atom. The second-order valence-electron chi connectivity index (χ2n) is 4.86. The first-order valence-corrected chi connectivity index (χ1v) is 7.25. The Balaban J connectivity index is 1.86. The van der Waals surface area contributed by atoms with Crippen LogP contribution in [0.2, 0.25) is 0 Å². The van der Waals surface area contributed by atoms with E-state index in [1.165, 1.54) is 0 Å². The van der Waals surface area contributed by atoms with Crippen LogP contribution in [0.5, 0.6) is 5.75 Å². The Morgan fingerprint density at radius 1 is 1.29 bits per heavy atom. The van der Waals surface area contributed by atoms with E-state index in [-0.39, 0.29) is 6.10 Å². The Morgan fingerprint density at radius 3 is 2.86 bits per heavy atom. The SMILES string of the molecule is CC(C)Oc1cccc(CNC(=S)Nc2cccnc2)c1. The zero-order valence-corrected chi connectivity index (χ0v) is 13.0. The summed E-state index contributed by atoms with van der Waals surface area (Å²) in [5, 5.41) is 6.82. The third kappa shape index (κ3) is 5.39. The molecule has 0 aliphatic heterocycles. The summed E-state index contributed by atoms with van der Waals surface area (Å²) in [6.45, 7) is 4.66. The number of nitrogens with zero attached hydrogens (tertiary/aromatic N) is 1. The van der Waals surface area contributed by atoms with E-state index in [1.807, 2.05) is 50.2 Å². The summed E-state index contributed by atoms with van der Waals surface area (Å²) in [6.07, 6.45) is 3.62. The molecule has 5 heteroatoms. The molecule has 0 bridgehead atoms. The molecule has 0 fully saturated rings. The number of hydrogen-bond acceptors (Lipinski definition) is 3. The molecule has 4 nitrogen and oxygen atoms in total. The van der Waals surface area contributed by atoms with Gasteiger partial charge in [0.15, 0.2) is 5.11 Å². The maximum Gasteiger partial charge on any atom is 0.171 e. The van der Waals surface area contributed by atoms with E-state index in [4.69, 9.17) is 17.0 Å². The Hall–Kier alpha value is -2.14. The van der Waals surface area contributed by atoms with Crippen molar-refractivity contribution in [3.05, 3.63) is 54.4 Å². The lowest BCUT2D eigenvalue weighted by atomic mass is 10.2. The number of nitrogens with one attached hydrogen (secondary N) is 2. The van der Waals surface area contributed by atoms with Gasteiger partial charge in [0.1, 0.15) is 5.75 Å². The van der Waals surface area contributed by atoms with Crippen molar-refractivity contribution in [1.82, 2.24) is 10.3 Å². The van der Waals surface area contributed by atoms with Crippen molar-refractivity contribution >= 4 is 23.0 Å². The summed E-state index contributed by atoms with van der Waals surface area (Å²) in [5.74, 6) is 0.871. The maximum absolute atomic E-state index is 5.67. The summed E-state index contributed by atoms with van der Waals surface area (Å²) in [6, 6.07) is 11.8. The number of anilines is 1. The number of thiocarbonyl (C=S) groups is 1. The fourth-order valence-corrected chi connectivity index (χ4v) is 1.99. The van der Waals surface area contributed by atoms with E-state index in [9.17, 15) is 0 Å². The van der Waals surface area contributed by atoms with Gasteiger partial charge in [-0.3, -0.25) is 4.98 Å². The highest BCUT2D eigenvalue weighted by atomic mass is 32.1. The van der Waals surface area contributed by atoms with E-state index in [2.05, 4.69) is 15.6 Å². The van der Waals surface area contributed by atoms with Gasteiger partial charge in [0, 0.05) is 12.7 Å². The molecular formula is C16H19N3OS. The molecule has 110 valence electrons. The van der Waals surface area contributed by atoms with Crippen LogP contribution in [0.15, 0.2) is 48.8 Å². The molecule has 0 saturated carbocycles. The molecular weight excluding hydrogens is 282 g/mol. The number of benzene rings is 1. The molecule has 1 aromatic heterocycles. The molecule has 0 atom stereocenters. The van der Waals surface area contributed by atoms with Crippen molar-refractivity contribution in [2.45, 2.75) is 26.5 Å². The van der Waals surface area contributed by atoms with Crippen molar-refractivity contribution in [3.8, 4) is 5.75 Å². The van der Waals surface area contributed by atoms with E-state index in [0.717, 1.165) is 17.0 Å². The van der Waals surface area contributed by atoms with Gasteiger partial charge in [0.2, 0.25) is 0 Å². The van der Waals surface area contributed by atoms with Crippen LogP contribution in [-0.4, -0.2) is 16.2 Å². The molecule has 1 heterocycles. The lowest BCUT2D eigenvalue weighted by Gasteiger charge is -2.13. The van der Waals surface area contributed by atoms with Gasteiger partial charge in [-0.05, 0) is 55.9 Å². The quantitative estimate of drug-likeness (QED) is 0.829. The van der Waals surface area contributed by atoms with Crippen LogP contribution >= 0.6 is 12.2 Å². The molecule has 0 saturated heterocycles. The number of rotatable bonds is 5. The summed E-state index contributed by atoms with van der Waals surface area (Å²) >= 11 is 5.26. The lowest BCUT2D eigenvalue weighted by molar-refractivity contribution is 0.242. The van der Waals surface area contributed by atoms with Gasteiger partial charge in [-0.1, -0.05) is 12.1 Å². The highest BCUT2D eigenvalue weighted by Gasteiger charge is 2.01. The Kier molecular flexibility index (Phi) is 5.51. The molecule has 0 amide bonds. The fourth-order valence-electron chi connectivity index (χ4n) is 1.80. The van der Waals surface area contributed by atoms with Crippen molar-refractivity contribution in [3.63, 3.8) is 0 Å². The summed E-state index contributed by atoms with van der Waals surface area (Å²) in [7, 11) is 0. The summed E-state index contributed by atoms with van der Waals surface area (Å²) in [5.41, 5.74) is 1.98. The van der Waals surface area contributed by atoms with Gasteiger partial charge < -0.3 is 15.4 Å². The lowest BCUT2D eigenvalue weighted by Crippen LogP contribution is -2.27. The second-order valence-corrected chi connectivity index (χ2v) is 5.27. The summed E-state index contributed by atoms with van der Waals surface area (Å²) < 4.78 is 5.67. The Bertz CT molecular complexity index is 587. The smallest absolute Gasteiger partial charge is 0.171 e. The van der Waals surface area contributed by atoms with Crippen molar-refractivity contribution in [1.29, 1.82) is 0 Å². The third-order valence-electron chi connectivity index (χ3n) is 2.64. The molecule has 2 aromatic rings. The second kappa shape index (κ2) is 7.59. The normalized spacial score (nSPS) is 10.2.